The molecule has 1 aromatic rings. The molecule has 1 fully saturated rings. The average molecular weight is 209 g/mol. The third-order valence-electron chi connectivity index (χ3n) is 3.40. The molecule has 1 aromatic heterocycles. The Balaban J connectivity index is 2.13. The highest BCUT2D eigenvalue weighted by atomic mass is 16.4. The first-order valence-corrected chi connectivity index (χ1v) is 5.59. The molecule has 0 aromatic carbocycles. The fourth-order valence-electron chi connectivity index (χ4n) is 2.26. The van der Waals surface area contributed by atoms with Crippen molar-refractivity contribution in [2.24, 2.45) is 0 Å². The van der Waals surface area contributed by atoms with Crippen LogP contribution in [0.15, 0.2) is 22.8 Å². The molecule has 1 atom stereocenters. The van der Waals surface area contributed by atoms with E-state index in [1.807, 2.05) is 12.1 Å². The van der Waals surface area contributed by atoms with Gasteiger partial charge in [-0.05, 0) is 51.9 Å². The van der Waals surface area contributed by atoms with Crippen LogP contribution in [0.2, 0.25) is 0 Å². The van der Waals surface area contributed by atoms with Crippen molar-refractivity contribution in [3.63, 3.8) is 0 Å². The number of furan rings is 1. The van der Waals surface area contributed by atoms with E-state index >= 15 is 0 Å². The smallest absolute Gasteiger partial charge is 0.134 e. The molecule has 3 heteroatoms. The summed E-state index contributed by atoms with van der Waals surface area (Å²) in [5.41, 5.74) is -0.242. The Hall–Kier alpha value is -0.800. The monoisotopic (exact) mass is 209 g/mol. The Labute approximate surface area is 90.7 Å². The summed E-state index contributed by atoms with van der Waals surface area (Å²) < 4.78 is 5.26. The van der Waals surface area contributed by atoms with Gasteiger partial charge in [0.15, 0.2) is 0 Å². The fourth-order valence-corrected chi connectivity index (χ4v) is 2.26. The summed E-state index contributed by atoms with van der Waals surface area (Å²) in [7, 11) is 0. The summed E-state index contributed by atoms with van der Waals surface area (Å²) in [6.07, 6.45) is 3.52. The van der Waals surface area contributed by atoms with Crippen molar-refractivity contribution < 1.29 is 9.52 Å². The fraction of sp³-hybridized carbons (Fsp3) is 0.667. The summed E-state index contributed by atoms with van der Waals surface area (Å²) in [6.45, 7) is 6.30. The maximum absolute atomic E-state index is 10.3. The van der Waals surface area contributed by atoms with E-state index in [2.05, 4.69) is 18.7 Å². The van der Waals surface area contributed by atoms with Crippen molar-refractivity contribution in [1.29, 1.82) is 0 Å². The molecule has 84 valence electrons. The van der Waals surface area contributed by atoms with E-state index in [-0.39, 0.29) is 5.54 Å². The van der Waals surface area contributed by atoms with E-state index in [1.54, 1.807) is 6.26 Å². The molecule has 2 rings (SSSR count). The minimum atomic E-state index is -0.550. The van der Waals surface area contributed by atoms with Crippen LogP contribution in [0.25, 0.3) is 0 Å². The topological polar surface area (TPSA) is 36.6 Å². The molecule has 0 radical (unpaired) electrons. The normalized spacial score (nSPS) is 20.7. The third-order valence-corrected chi connectivity index (χ3v) is 3.40. The average Bonchev–Trinajstić information content (AvgIpc) is 2.89. The summed E-state index contributed by atoms with van der Waals surface area (Å²) >= 11 is 0. The number of aliphatic hydroxyl groups excluding tert-OH is 1. The highest BCUT2D eigenvalue weighted by Gasteiger charge is 2.37. The number of aliphatic hydroxyl groups is 1. The van der Waals surface area contributed by atoms with E-state index in [4.69, 9.17) is 4.42 Å². The largest absolute Gasteiger partial charge is 0.467 e. The lowest BCUT2D eigenvalue weighted by atomic mass is 9.93. The van der Waals surface area contributed by atoms with Crippen LogP contribution < -0.4 is 0 Å². The summed E-state index contributed by atoms with van der Waals surface area (Å²) in [5.74, 6) is 0.659. The number of hydrogen-bond donors (Lipinski definition) is 1. The van der Waals surface area contributed by atoms with Gasteiger partial charge in [0.05, 0.1) is 6.26 Å². The minimum Gasteiger partial charge on any atom is -0.467 e. The van der Waals surface area contributed by atoms with Gasteiger partial charge in [-0.25, -0.2) is 0 Å². The maximum Gasteiger partial charge on any atom is 0.134 e. The van der Waals surface area contributed by atoms with Crippen LogP contribution in [-0.2, 0) is 0 Å². The number of hydrogen-bond acceptors (Lipinski definition) is 3. The second kappa shape index (κ2) is 3.99. The molecule has 0 spiro atoms. The zero-order valence-corrected chi connectivity index (χ0v) is 9.44. The van der Waals surface area contributed by atoms with Gasteiger partial charge in [-0.2, -0.15) is 0 Å². The molecule has 0 aliphatic carbocycles. The Morgan fingerprint density at radius 1 is 1.40 bits per heavy atom. The Morgan fingerprint density at radius 2 is 2.07 bits per heavy atom. The predicted octanol–water partition coefficient (Wildman–Crippen LogP) is 2.19. The van der Waals surface area contributed by atoms with Crippen LogP contribution in [-0.4, -0.2) is 28.6 Å². The van der Waals surface area contributed by atoms with E-state index in [1.165, 1.54) is 12.8 Å². The Bertz CT molecular complexity index is 299. The zero-order chi connectivity index (χ0) is 10.9. The zero-order valence-electron chi connectivity index (χ0n) is 9.44. The quantitative estimate of drug-likeness (QED) is 0.829. The van der Waals surface area contributed by atoms with E-state index < -0.39 is 6.10 Å². The van der Waals surface area contributed by atoms with Crippen LogP contribution in [0.5, 0.6) is 0 Å². The van der Waals surface area contributed by atoms with Gasteiger partial charge in [0.2, 0.25) is 0 Å². The van der Waals surface area contributed by atoms with E-state index in [0.717, 1.165) is 13.1 Å². The summed E-state index contributed by atoms with van der Waals surface area (Å²) in [4.78, 5) is 2.33. The van der Waals surface area contributed by atoms with Crippen molar-refractivity contribution in [3.8, 4) is 0 Å². The van der Waals surface area contributed by atoms with Crippen molar-refractivity contribution >= 4 is 0 Å². The van der Waals surface area contributed by atoms with Gasteiger partial charge >= 0.3 is 0 Å². The van der Waals surface area contributed by atoms with Gasteiger partial charge < -0.3 is 9.52 Å². The molecule has 0 amide bonds. The molecule has 1 unspecified atom stereocenters. The molecule has 0 saturated carbocycles. The molecule has 1 aliphatic heterocycles. The molecular formula is C12H19NO2. The van der Waals surface area contributed by atoms with Gasteiger partial charge in [0.25, 0.3) is 0 Å². The number of nitrogens with zero attached hydrogens (tertiary/aromatic N) is 1. The standard InChI is InChI=1S/C12H19NO2/c1-12(2,13-7-3-4-8-13)11(14)10-6-5-9-15-10/h5-6,9,11,14H,3-4,7-8H2,1-2H3. The first-order chi connectivity index (χ1) is 7.12. The number of rotatable bonds is 3. The van der Waals surface area contributed by atoms with E-state index in [0.29, 0.717) is 5.76 Å². The lowest BCUT2D eigenvalue weighted by Crippen LogP contribution is -2.46. The molecule has 15 heavy (non-hydrogen) atoms. The summed E-state index contributed by atoms with van der Waals surface area (Å²) in [5, 5.41) is 10.3. The van der Waals surface area contributed by atoms with Crippen LogP contribution in [0.3, 0.4) is 0 Å². The predicted molar refractivity (Wildman–Crippen MR) is 58.6 cm³/mol. The van der Waals surface area contributed by atoms with Gasteiger partial charge in [0.1, 0.15) is 11.9 Å². The van der Waals surface area contributed by atoms with Gasteiger partial charge in [-0.1, -0.05) is 0 Å². The van der Waals surface area contributed by atoms with Crippen molar-refractivity contribution in [2.75, 3.05) is 13.1 Å². The summed E-state index contributed by atoms with van der Waals surface area (Å²) in [6, 6.07) is 3.65. The van der Waals surface area contributed by atoms with Crippen LogP contribution >= 0.6 is 0 Å². The first-order valence-electron chi connectivity index (χ1n) is 5.59. The molecular weight excluding hydrogens is 190 g/mol. The van der Waals surface area contributed by atoms with Gasteiger partial charge in [-0.3, -0.25) is 4.90 Å². The maximum atomic E-state index is 10.3. The first kappa shape index (κ1) is 10.7. The SMILES string of the molecule is CC(C)(C(O)c1ccco1)N1CCCC1. The highest BCUT2D eigenvalue weighted by Crippen LogP contribution is 2.33. The molecule has 1 aliphatic rings. The highest BCUT2D eigenvalue weighted by molar-refractivity contribution is 5.08. The van der Waals surface area contributed by atoms with Crippen LogP contribution in [0.1, 0.15) is 38.6 Å². The lowest BCUT2D eigenvalue weighted by molar-refractivity contribution is -0.0110. The lowest BCUT2D eigenvalue weighted by Gasteiger charge is -2.38. The number of likely N-dealkylation sites (tertiary alicyclic amines) is 1. The Morgan fingerprint density at radius 3 is 2.60 bits per heavy atom. The van der Waals surface area contributed by atoms with E-state index in [9.17, 15) is 5.11 Å². The second-order valence-electron chi connectivity index (χ2n) is 4.77. The Kier molecular flexibility index (Phi) is 2.85. The van der Waals surface area contributed by atoms with Crippen molar-refractivity contribution in [2.45, 2.75) is 38.3 Å². The minimum absolute atomic E-state index is 0.242. The molecule has 0 bridgehead atoms. The van der Waals surface area contributed by atoms with Crippen LogP contribution in [0.4, 0.5) is 0 Å². The molecule has 1 N–H and O–H groups in total. The van der Waals surface area contributed by atoms with Crippen LogP contribution in [0, 0.1) is 0 Å². The molecule has 3 nitrogen and oxygen atoms in total. The van der Waals surface area contributed by atoms with Crippen molar-refractivity contribution in [3.05, 3.63) is 24.2 Å². The third kappa shape index (κ3) is 1.94. The van der Waals surface area contributed by atoms with Gasteiger partial charge in [-0.15, -0.1) is 0 Å². The molecule has 1 saturated heterocycles. The second-order valence-corrected chi connectivity index (χ2v) is 4.77. The van der Waals surface area contributed by atoms with Crippen molar-refractivity contribution in [1.82, 2.24) is 4.90 Å². The molecule has 2 heterocycles. The van der Waals surface area contributed by atoms with Gasteiger partial charge in [0, 0.05) is 5.54 Å².